The second-order valence-electron chi connectivity index (χ2n) is 6.94. The van der Waals surface area contributed by atoms with E-state index in [-0.39, 0.29) is 17.9 Å². The molecule has 2 saturated carbocycles. The van der Waals surface area contributed by atoms with E-state index in [2.05, 4.69) is 24.3 Å². The Balaban J connectivity index is 1.67. The van der Waals surface area contributed by atoms with Gasteiger partial charge in [0.2, 0.25) is 5.91 Å². The molecule has 1 aromatic rings. The second-order valence-corrected chi connectivity index (χ2v) is 6.94. The number of carbonyl (C=O) groups is 1. The fraction of sp³-hybridized carbons (Fsp3) is 0.750. The van der Waals surface area contributed by atoms with E-state index in [4.69, 9.17) is 5.73 Å². The van der Waals surface area contributed by atoms with Crippen molar-refractivity contribution in [2.45, 2.75) is 58.0 Å². The average Bonchev–Trinajstić information content (AvgIpc) is 2.86. The monoisotopic (exact) mass is 290 g/mol. The van der Waals surface area contributed by atoms with Gasteiger partial charge in [-0.2, -0.15) is 5.10 Å². The van der Waals surface area contributed by atoms with Crippen LogP contribution < -0.4 is 11.1 Å². The number of anilines is 1. The van der Waals surface area contributed by atoms with Gasteiger partial charge in [0, 0.05) is 24.1 Å². The maximum Gasteiger partial charge on any atom is 0.228 e. The van der Waals surface area contributed by atoms with Gasteiger partial charge in [0.05, 0.1) is 6.20 Å². The summed E-state index contributed by atoms with van der Waals surface area (Å²) in [6.07, 6.45) is 7.27. The van der Waals surface area contributed by atoms with E-state index in [0.29, 0.717) is 17.9 Å². The SMILES string of the molecule is CC(C)n1nccc1NC(=O)C1CC2CCCC(C1)C2N. The molecule has 2 unspecified atom stereocenters. The standard InChI is InChI=1S/C16H26N4O/c1-10(2)20-14(6-7-18-20)19-16(21)13-8-11-4-3-5-12(9-13)15(11)17/h6-7,10-13,15H,3-5,8-9,17H2,1-2H3,(H,19,21). The van der Waals surface area contributed by atoms with Crippen LogP contribution in [0.25, 0.3) is 0 Å². The summed E-state index contributed by atoms with van der Waals surface area (Å²) in [6.45, 7) is 4.12. The molecule has 0 saturated heterocycles. The number of carbonyl (C=O) groups excluding carboxylic acids is 1. The van der Waals surface area contributed by atoms with E-state index >= 15 is 0 Å². The van der Waals surface area contributed by atoms with Gasteiger partial charge >= 0.3 is 0 Å². The molecule has 2 bridgehead atoms. The molecule has 1 aromatic heterocycles. The number of hydrogen-bond donors (Lipinski definition) is 2. The minimum atomic E-state index is 0.107. The zero-order valence-corrected chi connectivity index (χ0v) is 13.0. The van der Waals surface area contributed by atoms with Crippen LogP contribution in [0.2, 0.25) is 0 Å². The highest BCUT2D eigenvalue weighted by Crippen LogP contribution is 2.42. The van der Waals surface area contributed by atoms with Crippen LogP contribution in [0.4, 0.5) is 5.82 Å². The molecule has 2 aliphatic rings. The van der Waals surface area contributed by atoms with Crippen molar-refractivity contribution in [2.75, 3.05) is 5.32 Å². The lowest BCUT2D eigenvalue weighted by Gasteiger charge is -2.43. The molecule has 0 aromatic carbocycles. The number of nitrogens with one attached hydrogen (secondary N) is 1. The molecular formula is C16H26N4O. The van der Waals surface area contributed by atoms with Crippen molar-refractivity contribution in [1.82, 2.24) is 9.78 Å². The van der Waals surface area contributed by atoms with E-state index in [1.807, 2.05) is 10.7 Å². The number of fused-ring (bicyclic) bond motifs is 2. The summed E-state index contributed by atoms with van der Waals surface area (Å²) in [5.74, 6) is 2.11. The van der Waals surface area contributed by atoms with Gasteiger partial charge in [0.25, 0.3) is 0 Å². The van der Waals surface area contributed by atoms with Crippen molar-refractivity contribution >= 4 is 11.7 Å². The van der Waals surface area contributed by atoms with Crippen LogP contribution >= 0.6 is 0 Å². The van der Waals surface area contributed by atoms with Crippen molar-refractivity contribution in [1.29, 1.82) is 0 Å². The topological polar surface area (TPSA) is 72.9 Å². The molecule has 116 valence electrons. The molecule has 1 heterocycles. The summed E-state index contributed by atoms with van der Waals surface area (Å²) in [4.78, 5) is 12.6. The van der Waals surface area contributed by atoms with Gasteiger partial charge < -0.3 is 11.1 Å². The Morgan fingerprint density at radius 1 is 1.38 bits per heavy atom. The molecule has 3 N–H and O–H groups in total. The van der Waals surface area contributed by atoms with Gasteiger partial charge in [-0.05, 0) is 51.4 Å². The fourth-order valence-electron chi connectivity index (χ4n) is 4.06. The Kier molecular flexibility index (Phi) is 4.02. The minimum absolute atomic E-state index is 0.107. The van der Waals surface area contributed by atoms with Crippen molar-refractivity contribution < 1.29 is 4.79 Å². The van der Waals surface area contributed by atoms with Crippen molar-refractivity contribution in [2.24, 2.45) is 23.5 Å². The smallest absolute Gasteiger partial charge is 0.228 e. The first kappa shape index (κ1) is 14.6. The number of amides is 1. The minimum Gasteiger partial charge on any atom is -0.327 e. The quantitative estimate of drug-likeness (QED) is 0.898. The molecule has 0 spiro atoms. The molecule has 2 aliphatic carbocycles. The molecule has 3 rings (SSSR count). The van der Waals surface area contributed by atoms with Gasteiger partial charge in [0.1, 0.15) is 5.82 Å². The van der Waals surface area contributed by atoms with Crippen LogP contribution in [0.15, 0.2) is 12.3 Å². The van der Waals surface area contributed by atoms with Crippen LogP contribution in [0.1, 0.15) is 52.0 Å². The van der Waals surface area contributed by atoms with Crippen LogP contribution in [-0.2, 0) is 4.79 Å². The Morgan fingerprint density at radius 3 is 2.67 bits per heavy atom. The highest BCUT2D eigenvalue weighted by Gasteiger charge is 2.40. The predicted molar refractivity (Wildman–Crippen MR) is 82.8 cm³/mol. The van der Waals surface area contributed by atoms with E-state index < -0.39 is 0 Å². The third-order valence-corrected chi connectivity index (χ3v) is 5.19. The number of hydrogen-bond acceptors (Lipinski definition) is 3. The Bertz CT molecular complexity index is 496. The maximum atomic E-state index is 12.6. The molecule has 21 heavy (non-hydrogen) atoms. The van der Waals surface area contributed by atoms with E-state index in [1.54, 1.807) is 6.20 Å². The predicted octanol–water partition coefficient (Wildman–Crippen LogP) is 2.56. The van der Waals surface area contributed by atoms with Crippen LogP contribution in [-0.4, -0.2) is 21.7 Å². The Morgan fingerprint density at radius 2 is 2.05 bits per heavy atom. The number of nitrogens with two attached hydrogens (primary N) is 1. The van der Waals surface area contributed by atoms with Crippen molar-refractivity contribution in [3.63, 3.8) is 0 Å². The zero-order valence-electron chi connectivity index (χ0n) is 13.0. The zero-order chi connectivity index (χ0) is 15.0. The number of aromatic nitrogens is 2. The lowest BCUT2D eigenvalue weighted by atomic mass is 9.65. The largest absolute Gasteiger partial charge is 0.327 e. The first-order chi connectivity index (χ1) is 10.1. The van der Waals surface area contributed by atoms with Crippen molar-refractivity contribution in [3.05, 3.63) is 12.3 Å². The summed E-state index contributed by atoms with van der Waals surface area (Å²) in [7, 11) is 0. The number of nitrogens with zero attached hydrogens (tertiary/aromatic N) is 2. The first-order valence-electron chi connectivity index (χ1n) is 8.16. The molecule has 0 aliphatic heterocycles. The maximum absolute atomic E-state index is 12.6. The molecule has 5 heteroatoms. The summed E-state index contributed by atoms with van der Waals surface area (Å²) in [5, 5.41) is 7.33. The van der Waals surface area contributed by atoms with E-state index in [0.717, 1.165) is 18.7 Å². The molecule has 5 nitrogen and oxygen atoms in total. The third kappa shape index (κ3) is 2.84. The lowest BCUT2D eigenvalue weighted by Crippen LogP contribution is -2.48. The first-order valence-corrected chi connectivity index (χ1v) is 8.16. The molecule has 0 radical (unpaired) electrons. The second kappa shape index (κ2) is 5.79. The third-order valence-electron chi connectivity index (χ3n) is 5.19. The number of rotatable bonds is 3. The fourth-order valence-corrected chi connectivity index (χ4v) is 4.06. The van der Waals surface area contributed by atoms with E-state index in [9.17, 15) is 4.79 Å². The molecular weight excluding hydrogens is 264 g/mol. The highest BCUT2D eigenvalue weighted by molar-refractivity contribution is 5.91. The summed E-state index contributed by atoms with van der Waals surface area (Å²) in [5.41, 5.74) is 6.30. The van der Waals surface area contributed by atoms with E-state index in [1.165, 1.54) is 19.3 Å². The summed E-state index contributed by atoms with van der Waals surface area (Å²) >= 11 is 0. The summed E-state index contributed by atoms with van der Waals surface area (Å²) < 4.78 is 1.85. The Labute approximate surface area is 126 Å². The van der Waals surface area contributed by atoms with Crippen LogP contribution in [0, 0.1) is 17.8 Å². The van der Waals surface area contributed by atoms with Gasteiger partial charge in [-0.15, -0.1) is 0 Å². The van der Waals surface area contributed by atoms with Gasteiger partial charge in [-0.3, -0.25) is 4.79 Å². The molecule has 1 amide bonds. The van der Waals surface area contributed by atoms with Crippen LogP contribution in [0.5, 0.6) is 0 Å². The molecule has 2 fully saturated rings. The summed E-state index contributed by atoms with van der Waals surface area (Å²) in [6, 6.07) is 2.42. The van der Waals surface area contributed by atoms with Crippen LogP contribution in [0.3, 0.4) is 0 Å². The lowest BCUT2D eigenvalue weighted by molar-refractivity contribution is -0.122. The van der Waals surface area contributed by atoms with Gasteiger partial charge in [0.15, 0.2) is 0 Å². The Hall–Kier alpha value is -1.36. The molecule has 2 atom stereocenters. The van der Waals surface area contributed by atoms with Gasteiger partial charge in [-0.25, -0.2) is 4.68 Å². The highest BCUT2D eigenvalue weighted by atomic mass is 16.2. The van der Waals surface area contributed by atoms with Crippen molar-refractivity contribution in [3.8, 4) is 0 Å². The van der Waals surface area contributed by atoms with Gasteiger partial charge in [-0.1, -0.05) is 6.42 Å². The normalized spacial score (nSPS) is 32.2. The average molecular weight is 290 g/mol.